The predicted molar refractivity (Wildman–Crippen MR) is 65.6 cm³/mol. The lowest BCUT2D eigenvalue weighted by atomic mass is 10.1. The first kappa shape index (κ1) is 14.1. The fourth-order valence-electron chi connectivity index (χ4n) is 1.74. The molecule has 0 spiro atoms. The second-order valence-electron chi connectivity index (χ2n) is 4.12. The van der Waals surface area contributed by atoms with E-state index in [0.717, 1.165) is 19.4 Å². The smallest absolute Gasteiger partial charge is 0.130 e. The molecule has 0 atom stereocenters. The molecular formula is C13H20F2N2. The zero-order chi connectivity index (χ0) is 12.7. The molecule has 0 bridgehead atoms. The van der Waals surface area contributed by atoms with E-state index >= 15 is 0 Å². The van der Waals surface area contributed by atoms with E-state index in [9.17, 15) is 8.78 Å². The largest absolute Gasteiger partial charge is 0.329 e. The summed E-state index contributed by atoms with van der Waals surface area (Å²) in [7, 11) is 0. The Bertz CT molecular complexity index is 322. The van der Waals surface area contributed by atoms with Crippen LogP contribution >= 0.6 is 0 Å². The van der Waals surface area contributed by atoms with Gasteiger partial charge < -0.3 is 5.73 Å². The third-order valence-corrected chi connectivity index (χ3v) is 2.72. The van der Waals surface area contributed by atoms with Gasteiger partial charge in [0.05, 0.1) is 0 Å². The maximum Gasteiger partial charge on any atom is 0.130 e. The van der Waals surface area contributed by atoms with Gasteiger partial charge in [-0.1, -0.05) is 19.4 Å². The Balaban J connectivity index is 2.70. The minimum Gasteiger partial charge on any atom is -0.329 e. The first-order valence-electron chi connectivity index (χ1n) is 6.04. The van der Waals surface area contributed by atoms with E-state index in [-0.39, 0.29) is 12.1 Å². The molecule has 0 fully saturated rings. The highest BCUT2D eigenvalue weighted by atomic mass is 19.1. The van der Waals surface area contributed by atoms with Crippen LogP contribution in [0.5, 0.6) is 0 Å². The Morgan fingerprint density at radius 3 is 2.35 bits per heavy atom. The Labute approximate surface area is 101 Å². The topological polar surface area (TPSA) is 29.3 Å². The van der Waals surface area contributed by atoms with Crippen LogP contribution in [-0.4, -0.2) is 24.5 Å². The van der Waals surface area contributed by atoms with Gasteiger partial charge in [0.25, 0.3) is 0 Å². The van der Waals surface area contributed by atoms with Crippen LogP contribution in [0.15, 0.2) is 18.2 Å². The molecule has 0 aliphatic heterocycles. The summed E-state index contributed by atoms with van der Waals surface area (Å²) in [6.07, 6.45) is 2.07. The lowest BCUT2D eigenvalue weighted by Gasteiger charge is -2.21. The molecule has 17 heavy (non-hydrogen) atoms. The lowest BCUT2D eigenvalue weighted by Crippen LogP contribution is -2.30. The quantitative estimate of drug-likeness (QED) is 0.796. The van der Waals surface area contributed by atoms with Crippen LogP contribution < -0.4 is 5.73 Å². The average molecular weight is 242 g/mol. The van der Waals surface area contributed by atoms with E-state index in [4.69, 9.17) is 5.73 Å². The van der Waals surface area contributed by atoms with Crippen LogP contribution in [0.1, 0.15) is 25.3 Å². The van der Waals surface area contributed by atoms with E-state index < -0.39 is 11.6 Å². The number of halogens is 2. The molecule has 0 unspecified atom stereocenters. The summed E-state index contributed by atoms with van der Waals surface area (Å²) < 4.78 is 27.0. The average Bonchev–Trinajstić information content (AvgIpc) is 2.31. The summed E-state index contributed by atoms with van der Waals surface area (Å²) >= 11 is 0. The molecule has 2 nitrogen and oxygen atoms in total. The molecule has 0 amide bonds. The van der Waals surface area contributed by atoms with Gasteiger partial charge in [0.1, 0.15) is 11.6 Å². The minimum atomic E-state index is -0.483. The van der Waals surface area contributed by atoms with E-state index in [1.807, 2.05) is 4.90 Å². The molecule has 1 aromatic carbocycles. The summed E-state index contributed by atoms with van der Waals surface area (Å²) in [5, 5.41) is 0. The number of hydrogen-bond acceptors (Lipinski definition) is 2. The molecule has 0 saturated heterocycles. The highest BCUT2D eigenvalue weighted by Gasteiger charge is 2.12. The van der Waals surface area contributed by atoms with Gasteiger partial charge in [0.15, 0.2) is 0 Å². The third-order valence-electron chi connectivity index (χ3n) is 2.72. The van der Waals surface area contributed by atoms with Crippen molar-refractivity contribution in [3.63, 3.8) is 0 Å². The second kappa shape index (κ2) is 7.35. The highest BCUT2D eigenvalue weighted by Crippen LogP contribution is 2.14. The minimum absolute atomic E-state index is 0.136. The van der Waals surface area contributed by atoms with Crippen molar-refractivity contribution in [2.24, 2.45) is 5.73 Å². The van der Waals surface area contributed by atoms with Crippen molar-refractivity contribution >= 4 is 0 Å². The highest BCUT2D eigenvalue weighted by molar-refractivity contribution is 5.19. The van der Waals surface area contributed by atoms with Crippen molar-refractivity contribution in [3.05, 3.63) is 35.4 Å². The fourth-order valence-corrected chi connectivity index (χ4v) is 1.74. The summed E-state index contributed by atoms with van der Waals surface area (Å²) in [5.41, 5.74) is 5.64. The number of unbranched alkanes of at least 4 members (excludes halogenated alkanes) is 1. The Morgan fingerprint density at radius 1 is 1.18 bits per heavy atom. The van der Waals surface area contributed by atoms with Crippen LogP contribution in [0.4, 0.5) is 8.78 Å². The second-order valence-corrected chi connectivity index (χ2v) is 4.12. The standard InChI is InChI=1S/C13H20F2N2/c1-2-3-8-17(9-7-16)10-11-12(14)5-4-6-13(11)15/h4-6H,2-3,7-10,16H2,1H3. The molecule has 0 radical (unpaired) electrons. The van der Waals surface area contributed by atoms with Crippen LogP contribution in [0.3, 0.4) is 0 Å². The molecular weight excluding hydrogens is 222 g/mol. The van der Waals surface area contributed by atoms with Gasteiger partial charge in [-0.05, 0) is 25.1 Å². The summed E-state index contributed by atoms with van der Waals surface area (Å²) in [5.74, 6) is -0.966. The van der Waals surface area contributed by atoms with E-state index in [1.165, 1.54) is 18.2 Å². The Morgan fingerprint density at radius 2 is 1.82 bits per heavy atom. The molecule has 1 rings (SSSR count). The van der Waals surface area contributed by atoms with Crippen molar-refractivity contribution in [3.8, 4) is 0 Å². The van der Waals surface area contributed by atoms with Crippen LogP contribution in [0.25, 0.3) is 0 Å². The predicted octanol–water partition coefficient (Wildman–Crippen LogP) is 2.53. The van der Waals surface area contributed by atoms with E-state index in [2.05, 4.69) is 6.92 Å². The van der Waals surface area contributed by atoms with Gasteiger partial charge in [0, 0.05) is 25.2 Å². The van der Waals surface area contributed by atoms with Gasteiger partial charge in [-0.3, -0.25) is 4.90 Å². The van der Waals surface area contributed by atoms with Crippen molar-refractivity contribution in [1.82, 2.24) is 4.90 Å². The Hall–Kier alpha value is -1.00. The van der Waals surface area contributed by atoms with Crippen molar-refractivity contribution in [1.29, 1.82) is 0 Å². The first-order valence-corrected chi connectivity index (χ1v) is 6.04. The zero-order valence-electron chi connectivity index (χ0n) is 10.3. The number of nitrogens with two attached hydrogens (primary N) is 1. The van der Waals surface area contributed by atoms with Crippen molar-refractivity contribution in [2.45, 2.75) is 26.3 Å². The Kier molecular flexibility index (Phi) is 6.08. The molecule has 0 aromatic heterocycles. The van der Waals surface area contributed by atoms with Gasteiger partial charge in [-0.15, -0.1) is 0 Å². The molecule has 0 saturated carbocycles. The van der Waals surface area contributed by atoms with Crippen molar-refractivity contribution in [2.75, 3.05) is 19.6 Å². The fraction of sp³-hybridized carbons (Fsp3) is 0.538. The SMILES string of the molecule is CCCCN(CCN)Cc1c(F)cccc1F. The molecule has 0 heterocycles. The zero-order valence-corrected chi connectivity index (χ0v) is 10.3. The van der Waals surface area contributed by atoms with Crippen LogP contribution in [0, 0.1) is 11.6 Å². The molecule has 96 valence electrons. The molecule has 0 aliphatic carbocycles. The van der Waals surface area contributed by atoms with E-state index in [1.54, 1.807) is 0 Å². The third kappa shape index (κ3) is 4.40. The summed E-state index contributed by atoms with van der Waals surface area (Å²) in [6, 6.07) is 3.96. The molecule has 1 aromatic rings. The number of rotatable bonds is 7. The maximum atomic E-state index is 13.5. The van der Waals surface area contributed by atoms with Gasteiger partial charge in [0.2, 0.25) is 0 Å². The van der Waals surface area contributed by atoms with Crippen molar-refractivity contribution < 1.29 is 8.78 Å². The first-order chi connectivity index (χ1) is 8.19. The summed E-state index contributed by atoms with van der Waals surface area (Å²) in [6.45, 7) is 4.36. The van der Waals surface area contributed by atoms with Gasteiger partial charge in [-0.2, -0.15) is 0 Å². The number of nitrogens with zero attached hydrogens (tertiary/aromatic N) is 1. The number of benzene rings is 1. The van der Waals surface area contributed by atoms with Gasteiger partial charge >= 0.3 is 0 Å². The molecule has 4 heteroatoms. The van der Waals surface area contributed by atoms with E-state index in [0.29, 0.717) is 13.1 Å². The lowest BCUT2D eigenvalue weighted by molar-refractivity contribution is 0.260. The molecule has 2 N–H and O–H groups in total. The molecule has 0 aliphatic rings. The maximum absolute atomic E-state index is 13.5. The van der Waals surface area contributed by atoms with Crippen LogP contribution in [-0.2, 0) is 6.54 Å². The van der Waals surface area contributed by atoms with Gasteiger partial charge in [-0.25, -0.2) is 8.78 Å². The monoisotopic (exact) mass is 242 g/mol. The normalized spacial score (nSPS) is 11.1. The number of hydrogen-bond donors (Lipinski definition) is 1. The summed E-state index contributed by atoms with van der Waals surface area (Å²) in [4.78, 5) is 1.99. The van der Waals surface area contributed by atoms with Crippen LogP contribution in [0.2, 0.25) is 0 Å².